The average molecular weight is 706 g/mol. The maximum Gasteiger partial charge on any atom is 0.404 e. The highest BCUT2D eigenvalue weighted by Crippen LogP contribution is 2.43. The fourth-order valence-electron chi connectivity index (χ4n) is 4.57. The van der Waals surface area contributed by atoms with Crippen LogP contribution in [-0.4, -0.2) is 70.8 Å². The van der Waals surface area contributed by atoms with Crippen LogP contribution >= 0.6 is 11.3 Å². The average Bonchev–Trinajstić information content (AvgIpc) is 3.53. The standard InChI is InChI=1S/C26H27F8N5O5S2/c1-12(26(32,33)34)38-46(42,43)15-6-5-13(17(18(15)27)20(28)29)19-14(10-39-8-4-7-25(30,31)11-39)35-22(45-19)21-37-36-16(44-21)9-24(2,3)23(40)41/h5-6,12,20,38H,4,7-11H2,1-3H3,(H,40,41)/t12-/m0/s1. The Bertz CT molecular complexity index is 1710. The van der Waals surface area contributed by atoms with E-state index in [9.17, 15) is 49.1 Å². The van der Waals surface area contributed by atoms with E-state index in [0.717, 1.165) is 6.07 Å². The maximum atomic E-state index is 15.6. The molecule has 3 aromatic rings. The van der Waals surface area contributed by atoms with E-state index in [-0.39, 0.29) is 59.7 Å². The van der Waals surface area contributed by atoms with Gasteiger partial charge in [0.1, 0.15) is 10.9 Å². The van der Waals surface area contributed by atoms with E-state index in [1.165, 1.54) is 23.5 Å². The van der Waals surface area contributed by atoms with Crippen molar-refractivity contribution >= 4 is 27.3 Å². The zero-order chi connectivity index (χ0) is 34.4. The number of benzene rings is 1. The summed E-state index contributed by atoms with van der Waals surface area (Å²) in [7, 11) is -5.29. The molecule has 254 valence electrons. The molecule has 1 aromatic carbocycles. The summed E-state index contributed by atoms with van der Waals surface area (Å²) in [5.41, 5.74) is -3.49. The van der Waals surface area contributed by atoms with Crippen molar-refractivity contribution in [3.8, 4) is 21.3 Å². The number of aromatic nitrogens is 3. The van der Waals surface area contributed by atoms with Crippen molar-refractivity contribution in [3.05, 3.63) is 35.1 Å². The first kappa shape index (κ1) is 35.6. The third-order valence-electron chi connectivity index (χ3n) is 7.08. The first-order chi connectivity index (χ1) is 21.1. The smallest absolute Gasteiger partial charge is 0.404 e. The molecule has 0 unspecified atom stereocenters. The molecule has 2 N–H and O–H groups in total. The SMILES string of the molecule is C[C@H](NS(=O)(=O)c1ccc(-c2sc(-c3nnc(CC(C)(C)C(=O)O)o3)nc2CN2CCCC(F)(F)C2)c(C(F)F)c1F)C(F)(F)F. The molecule has 4 rings (SSSR count). The van der Waals surface area contributed by atoms with Crippen molar-refractivity contribution in [2.45, 2.75) is 76.0 Å². The third kappa shape index (κ3) is 7.83. The molecular formula is C26H27F8N5O5S2. The zero-order valence-corrected chi connectivity index (χ0v) is 25.9. The van der Waals surface area contributed by atoms with Gasteiger partial charge in [0.15, 0.2) is 10.8 Å². The Labute approximate surface area is 260 Å². The lowest BCUT2D eigenvalue weighted by atomic mass is 9.90. The Morgan fingerprint density at radius 1 is 1.22 bits per heavy atom. The summed E-state index contributed by atoms with van der Waals surface area (Å²) in [6, 6.07) is -1.40. The number of hydrogen-bond donors (Lipinski definition) is 2. The van der Waals surface area contributed by atoms with Gasteiger partial charge in [-0.25, -0.2) is 35.4 Å². The molecule has 1 aliphatic heterocycles. The third-order valence-corrected chi connectivity index (χ3v) is 9.76. The lowest BCUT2D eigenvalue weighted by Crippen LogP contribution is -2.43. The molecule has 1 saturated heterocycles. The van der Waals surface area contributed by atoms with Gasteiger partial charge in [0.05, 0.1) is 28.1 Å². The molecule has 0 spiro atoms. The van der Waals surface area contributed by atoms with Gasteiger partial charge < -0.3 is 9.52 Å². The lowest BCUT2D eigenvalue weighted by Gasteiger charge is -2.32. The van der Waals surface area contributed by atoms with E-state index in [4.69, 9.17) is 4.42 Å². The largest absolute Gasteiger partial charge is 0.481 e. The number of carbonyl (C=O) groups is 1. The van der Waals surface area contributed by atoms with Crippen LogP contribution in [-0.2, 0) is 27.8 Å². The quantitative estimate of drug-likeness (QED) is 0.228. The van der Waals surface area contributed by atoms with Gasteiger partial charge in [-0.15, -0.1) is 21.5 Å². The lowest BCUT2D eigenvalue weighted by molar-refractivity contribution is -0.147. The van der Waals surface area contributed by atoms with Crippen LogP contribution < -0.4 is 4.72 Å². The maximum absolute atomic E-state index is 15.6. The molecule has 0 amide bonds. The Morgan fingerprint density at radius 2 is 1.89 bits per heavy atom. The topological polar surface area (TPSA) is 139 Å². The van der Waals surface area contributed by atoms with Crippen molar-refractivity contribution in [2.24, 2.45) is 5.41 Å². The molecule has 0 radical (unpaired) electrons. The number of sulfonamides is 1. The number of thiazole rings is 1. The van der Waals surface area contributed by atoms with Gasteiger partial charge in [-0.1, -0.05) is 6.07 Å². The number of rotatable bonds is 11. The van der Waals surface area contributed by atoms with E-state index < -0.39 is 74.4 Å². The van der Waals surface area contributed by atoms with Gasteiger partial charge in [-0.05, 0) is 39.8 Å². The number of hydrogen-bond acceptors (Lipinski definition) is 9. The number of carboxylic acids is 1. The number of likely N-dealkylation sites (tertiary alicyclic amines) is 1. The molecule has 0 aliphatic carbocycles. The van der Waals surface area contributed by atoms with Crippen molar-refractivity contribution in [2.75, 3.05) is 13.1 Å². The van der Waals surface area contributed by atoms with Crippen molar-refractivity contribution < 1.29 is 57.9 Å². The van der Waals surface area contributed by atoms with Gasteiger partial charge in [0.25, 0.3) is 18.2 Å². The van der Waals surface area contributed by atoms with E-state index >= 15 is 4.39 Å². The number of halogens is 8. The van der Waals surface area contributed by atoms with Gasteiger partial charge in [0, 0.05) is 24.9 Å². The van der Waals surface area contributed by atoms with Crippen LogP contribution in [0.25, 0.3) is 21.3 Å². The molecule has 2 aromatic heterocycles. The molecule has 3 heterocycles. The minimum absolute atomic E-state index is 0.0958. The first-order valence-electron chi connectivity index (χ1n) is 13.5. The molecule has 20 heteroatoms. The van der Waals surface area contributed by atoms with E-state index in [1.807, 2.05) is 0 Å². The van der Waals surface area contributed by atoms with Crippen LogP contribution in [0.15, 0.2) is 21.4 Å². The molecule has 1 aliphatic rings. The van der Waals surface area contributed by atoms with Crippen LogP contribution in [0.1, 0.15) is 57.2 Å². The Kier molecular flexibility index (Phi) is 9.88. The first-order valence-corrected chi connectivity index (χ1v) is 15.8. The summed E-state index contributed by atoms with van der Waals surface area (Å²) in [5, 5.41) is 16.9. The van der Waals surface area contributed by atoms with E-state index in [2.05, 4.69) is 15.2 Å². The second-order valence-electron chi connectivity index (χ2n) is 11.4. The Morgan fingerprint density at radius 3 is 2.48 bits per heavy atom. The number of carboxylic acid groups (broad SMARTS) is 1. The summed E-state index contributed by atoms with van der Waals surface area (Å²) < 4.78 is 144. The van der Waals surface area contributed by atoms with Gasteiger partial charge >= 0.3 is 12.1 Å². The molecule has 10 nitrogen and oxygen atoms in total. The van der Waals surface area contributed by atoms with Crippen molar-refractivity contribution in [3.63, 3.8) is 0 Å². The Hall–Kier alpha value is -3.23. The number of alkyl halides is 7. The predicted molar refractivity (Wildman–Crippen MR) is 146 cm³/mol. The second kappa shape index (κ2) is 12.8. The van der Waals surface area contributed by atoms with Crippen LogP contribution in [0.2, 0.25) is 0 Å². The summed E-state index contributed by atoms with van der Waals surface area (Å²) >= 11 is 0.608. The number of piperidine rings is 1. The number of aliphatic carboxylic acids is 1. The Balaban J connectivity index is 1.82. The monoisotopic (exact) mass is 705 g/mol. The summed E-state index contributed by atoms with van der Waals surface area (Å²) in [6.45, 7) is 2.37. The van der Waals surface area contributed by atoms with Gasteiger partial charge in [0.2, 0.25) is 15.9 Å². The minimum Gasteiger partial charge on any atom is -0.481 e. The van der Waals surface area contributed by atoms with E-state index in [0.29, 0.717) is 24.3 Å². The van der Waals surface area contributed by atoms with E-state index in [1.54, 1.807) is 0 Å². The molecule has 46 heavy (non-hydrogen) atoms. The highest BCUT2D eigenvalue weighted by atomic mass is 32.2. The van der Waals surface area contributed by atoms with Crippen LogP contribution in [0.3, 0.4) is 0 Å². The zero-order valence-electron chi connectivity index (χ0n) is 24.3. The number of nitrogens with zero attached hydrogens (tertiary/aromatic N) is 4. The van der Waals surface area contributed by atoms with Crippen LogP contribution in [0, 0.1) is 11.2 Å². The number of nitrogens with one attached hydrogen (secondary N) is 1. The molecule has 1 atom stereocenters. The molecule has 0 saturated carbocycles. The minimum atomic E-state index is -5.29. The highest BCUT2D eigenvalue weighted by molar-refractivity contribution is 7.89. The summed E-state index contributed by atoms with van der Waals surface area (Å²) in [5.74, 6) is -6.66. The van der Waals surface area contributed by atoms with Gasteiger partial charge in [-0.3, -0.25) is 9.69 Å². The van der Waals surface area contributed by atoms with Crippen LogP contribution in [0.4, 0.5) is 35.1 Å². The van der Waals surface area contributed by atoms with Crippen molar-refractivity contribution in [1.82, 2.24) is 24.8 Å². The second-order valence-corrected chi connectivity index (χ2v) is 14.0. The summed E-state index contributed by atoms with van der Waals surface area (Å²) in [4.78, 5) is 15.4. The normalized spacial score (nSPS) is 17.0. The van der Waals surface area contributed by atoms with Gasteiger partial charge in [-0.2, -0.15) is 17.9 Å². The molecular weight excluding hydrogens is 678 g/mol. The van der Waals surface area contributed by atoms with Crippen molar-refractivity contribution in [1.29, 1.82) is 0 Å². The fourth-order valence-corrected chi connectivity index (χ4v) is 6.93. The fraction of sp³-hybridized carbons (Fsp3) is 0.538. The molecule has 0 bridgehead atoms. The highest BCUT2D eigenvalue weighted by Gasteiger charge is 2.41. The summed E-state index contributed by atoms with van der Waals surface area (Å²) in [6.07, 6.45) is -9.24. The predicted octanol–water partition coefficient (Wildman–Crippen LogP) is 6.05. The van der Waals surface area contributed by atoms with Crippen LogP contribution in [0.5, 0.6) is 0 Å². The molecule has 1 fully saturated rings.